The second-order valence-corrected chi connectivity index (χ2v) is 6.53. The second kappa shape index (κ2) is 9.16. The van der Waals surface area contributed by atoms with Gasteiger partial charge < -0.3 is 25.0 Å². The van der Waals surface area contributed by atoms with E-state index in [9.17, 15) is 4.79 Å². The van der Waals surface area contributed by atoms with Crippen LogP contribution in [0.1, 0.15) is 19.3 Å². The van der Waals surface area contributed by atoms with Crippen LogP contribution in [0.25, 0.3) is 0 Å². The highest BCUT2D eigenvalue weighted by molar-refractivity contribution is 5.92. The molecule has 0 spiro atoms. The standard InChI is InChI=1S/C21H27N3O3/c1-26-18-9-10-19(20(15-18)27-2)23-21(25)11-12-22-16-5-7-17(8-6-16)24-13-3-4-14-24/h5-10,15,22H,3-4,11-14H2,1-2H3,(H,23,25). The van der Waals surface area contributed by atoms with Gasteiger partial charge in [-0.15, -0.1) is 0 Å². The number of carbonyl (C=O) groups excluding carboxylic acids is 1. The first-order valence-corrected chi connectivity index (χ1v) is 9.30. The predicted octanol–water partition coefficient (Wildman–Crippen LogP) is 3.74. The van der Waals surface area contributed by atoms with Crippen molar-refractivity contribution in [1.29, 1.82) is 0 Å². The normalized spacial score (nSPS) is 13.3. The van der Waals surface area contributed by atoms with E-state index in [1.807, 2.05) is 0 Å². The number of benzene rings is 2. The summed E-state index contributed by atoms with van der Waals surface area (Å²) in [6, 6.07) is 13.7. The molecule has 1 fully saturated rings. The number of nitrogens with one attached hydrogen (secondary N) is 2. The van der Waals surface area contributed by atoms with Crippen LogP contribution in [-0.2, 0) is 4.79 Å². The van der Waals surface area contributed by atoms with E-state index in [4.69, 9.17) is 9.47 Å². The molecule has 0 aromatic heterocycles. The predicted molar refractivity (Wildman–Crippen MR) is 109 cm³/mol. The molecule has 0 aliphatic carbocycles. The number of methoxy groups -OCH3 is 2. The highest BCUT2D eigenvalue weighted by Crippen LogP contribution is 2.29. The molecule has 2 aromatic rings. The summed E-state index contributed by atoms with van der Waals surface area (Å²) < 4.78 is 10.5. The van der Waals surface area contributed by atoms with Crippen molar-refractivity contribution in [2.45, 2.75) is 19.3 Å². The van der Waals surface area contributed by atoms with Gasteiger partial charge in [-0.25, -0.2) is 0 Å². The molecule has 0 bridgehead atoms. The van der Waals surface area contributed by atoms with Crippen LogP contribution in [-0.4, -0.2) is 39.8 Å². The van der Waals surface area contributed by atoms with Gasteiger partial charge in [0.25, 0.3) is 0 Å². The molecule has 0 atom stereocenters. The smallest absolute Gasteiger partial charge is 0.226 e. The highest BCUT2D eigenvalue weighted by atomic mass is 16.5. The minimum Gasteiger partial charge on any atom is -0.497 e. The van der Waals surface area contributed by atoms with Gasteiger partial charge in [0.15, 0.2) is 0 Å². The Morgan fingerprint density at radius 1 is 1.04 bits per heavy atom. The van der Waals surface area contributed by atoms with Gasteiger partial charge in [-0.1, -0.05) is 0 Å². The summed E-state index contributed by atoms with van der Waals surface area (Å²) in [5.74, 6) is 1.19. The Morgan fingerprint density at radius 3 is 2.44 bits per heavy atom. The molecular formula is C21H27N3O3. The van der Waals surface area contributed by atoms with E-state index in [-0.39, 0.29) is 5.91 Å². The van der Waals surface area contributed by atoms with Crippen molar-refractivity contribution in [2.24, 2.45) is 0 Å². The maximum absolute atomic E-state index is 12.2. The minimum atomic E-state index is -0.0698. The average Bonchev–Trinajstić information content (AvgIpc) is 3.23. The summed E-state index contributed by atoms with van der Waals surface area (Å²) in [5, 5.41) is 6.17. The molecule has 1 aliphatic rings. The van der Waals surface area contributed by atoms with Crippen LogP contribution < -0.4 is 25.0 Å². The third kappa shape index (κ3) is 5.06. The topological polar surface area (TPSA) is 62.8 Å². The van der Waals surface area contributed by atoms with Crippen molar-refractivity contribution in [3.8, 4) is 11.5 Å². The first-order chi connectivity index (χ1) is 13.2. The van der Waals surface area contributed by atoms with E-state index in [2.05, 4.69) is 39.8 Å². The maximum atomic E-state index is 12.2. The van der Waals surface area contributed by atoms with Crippen LogP contribution in [0.3, 0.4) is 0 Å². The first kappa shape index (κ1) is 18.9. The lowest BCUT2D eigenvalue weighted by Gasteiger charge is -2.18. The molecule has 2 aromatic carbocycles. The summed E-state index contributed by atoms with van der Waals surface area (Å²) in [4.78, 5) is 14.6. The summed E-state index contributed by atoms with van der Waals surface area (Å²) >= 11 is 0. The number of rotatable bonds is 8. The molecule has 144 valence electrons. The maximum Gasteiger partial charge on any atom is 0.226 e. The van der Waals surface area contributed by atoms with Crippen molar-refractivity contribution in [2.75, 3.05) is 49.4 Å². The second-order valence-electron chi connectivity index (χ2n) is 6.53. The molecule has 6 nitrogen and oxygen atoms in total. The quantitative estimate of drug-likeness (QED) is 0.742. The zero-order valence-corrected chi connectivity index (χ0v) is 16.0. The van der Waals surface area contributed by atoms with Gasteiger partial charge in [-0.2, -0.15) is 0 Å². The van der Waals surface area contributed by atoms with E-state index in [1.165, 1.54) is 18.5 Å². The van der Waals surface area contributed by atoms with Crippen molar-refractivity contribution in [1.82, 2.24) is 0 Å². The number of hydrogen-bond acceptors (Lipinski definition) is 5. The Balaban J connectivity index is 1.47. The number of hydrogen-bond donors (Lipinski definition) is 2. The molecule has 3 rings (SSSR count). The fourth-order valence-electron chi connectivity index (χ4n) is 3.20. The zero-order chi connectivity index (χ0) is 19.1. The molecule has 1 aliphatic heterocycles. The summed E-state index contributed by atoms with van der Waals surface area (Å²) in [5.41, 5.74) is 2.92. The molecule has 0 saturated carbocycles. The fourth-order valence-corrected chi connectivity index (χ4v) is 3.20. The monoisotopic (exact) mass is 369 g/mol. The third-order valence-corrected chi connectivity index (χ3v) is 4.70. The lowest BCUT2D eigenvalue weighted by Crippen LogP contribution is -2.18. The van der Waals surface area contributed by atoms with Crippen molar-refractivity contribution in [3.63, 3.8) is 0 Å². The third-order valence-electron chi connectivity index (χ3n) is 4.70. The Kier molecular flexibility index (Phi) is 6.41. The van der Waals surface area contributed by atoms with E-state index < -0.39 is 0 Å². The lowest BCUT2D eigenvalue weighted by molar-refractivity contribution is -0.116. The molecular weight excluding hydrogens is 342 g/mol. The Morgan fingerprint density at radius 2 is 1.78 bits per heavy atom. The number of nitrogens with zero attached hydrogens (tertiary/aromatic N) is 1. The van der Waals surface area contributed by atoms with E-state index in [0.717, 1.165) is 18.8 Å². The Labute approximate surface area is 160 Å². The zero-order valence-electron chi connectivity index (χ0n) is 16.0. The number of ether oxygens (including phenoxy) is 2. The lowest BCUT2D eigenvalue weighted by atomic mass is 10.2. The van der Waals surface area contributed by atoms with Crippen molar-refractivity contribution >= 4 is 23.0 Å². The fraction of sp³-hybridized carbons (Fsp3) is 0.381. The van der Waals surface area contributed by atoms with Gasteiger partial charge >= 0.3 is 0 Å². The minimum absolute atomic E-state index is 0.0698. The molecule has 27 heavy (non-hydrogen) atoms. The van der Waals surface area contributed by atoms with Crippen LogP contribution in [0.5, 0.6) is 11.5 Å². The van der Waals surface area contributed by atoms with E-state index in [0.29, 0.717) is 30.2 Å². The van der Waals surface area contributed by atoms with Gasteiger partial charge in [0.2, 0.25) is 5.91 Å². The first-order valence-electron chi connectivity index (χ1n) is 9.30. The molecule has 1 heterocycles. The molecule has 6 heteroatoms. The molecule has 0 radical (unpaired) electrons. The van der Waals surface area contributed by atoms with Crippen LogP contribution in [0.15, 0.2) is 42.5 Å². The molecule has 2 N–H and O–H groups in total. The van der Waals surface area contributed by atoms with Crippen LogP contribution >= 0.6 is 0 Å². The van der Waals surface area contributed by atoms with Crippen LogP contribution in [0, 0.1) is 0 Å². The summed E-state index contributed by atoms with van der Waals surface area (Å²) in [6.07, 6.45) is 2.91. The summed E-state index contributed by atoms with van der Waals surface area (Å²) in [6.45, 7) is 2.84. The largest absolute Gasteiger partial charge is 0.497 e. The Hall–Kier alpha value is -2.89. The highest BCUT2D eigenvalue weighted by Gasteiger charge is 2.12. The van der Waals surface area contributed by atoms with Gasteiger partial charge in [0, 0.05) is 43.5 Å². The van der Waals surface area contributed by atoms with Gasteiger partial charge in [0.1, 0.15) is 11.5 Å². The van der Waals surface area contributed by atoms with E-state index >= 15 is 0 Å². The average molecular weight is 369 g/mol. The van der Waals surface area contributed by atoms with Crippen LogP contribution in [0.2, 0.25) is 0 Å². The SMILES string of the molecule is COc1ccc(NC(=O)CCNc2ccc(N3CCCC3)cc2)c(OC)c1. The van der Waals surface area contributed by atoms with Gasteiger partial charge in [-0.05, 0) is 49.2 Å². The Bertz CT molecular complexity index is 756. The molecule has 1 saturated heterocycles. The van der Waals surface area contributed by atoms with Gasteiger partial charge in [-0.3, -0.25) is 4.79 Å². The van der Waals surface area contributed by atoms with Crippen molar-refractivity contribution < 1.29 is 14.3 Å². The van der Waals surface area contributed by atoms with Gasteiger partial charge in [0.05, 0.1) is 19.9 Å². The van der Waals surface area contributed by atoms with E-state index in [1.54, 1.807) is 32.4 Å². The molecule has 1 amide bonds. The number of anilines is 3. The summed E-state index contributed by atoms with van der Waals surface area (Å²) in [7, 11) is 3.16. The number of carbonyl (C=O) groups is 1. The molecule has 0 unspecified atom stereocenters. The van der Waals surface area contributed by atoms with Crippen LogP contribution in [0.4, 0.5) is 17.1 Å². The number of amides is 1. The van der Waals surface area contributed by atoms with Crippen molar-refractivity contribution in [3.05, 3.63) is 42.5 Å².